The van der Waals surface area contributed by atoms with Crippen LogP contribution in [0.2, 0.25) is 0 Å². The molecule has 1 N–H and O–H groups in total. The third kappa shape index (κ3) is 1.35. The predicted molar refractivity (Wildman–Crippen MR) is 66.7 cm³/mol. The molecule has 4 nitrogen and oxygen atoms in total. The molecule has 4 heteroatoms. The lowest BCUT2D eigenvalue weighted by atomic mass is 9.71. The van der Waals surface area contributed by atoms with Crippen molar-refractivity contribution in [1.29, 1.82) is 0 Å². The van der Waals surface area contributed by atoms with Crippen molar-refractivity contribution in [2.24, 2.45) is 30.7 Å². The third-order valence-corrected chi connectivity index (χ3v) is 5.88. The Hall–Kier alpha value is -0.900. The van der Waals surface area contributed by atoms with Crippen LogP contribution < -0.4 is 0 Å². The van der Waals surface area contributed by atoms with Crippen LogP contribution in [0.5, 0.6) is 0 Å². The average Bonchev–Trinajstić information content (AvgIpc) is 3.01. The Labute approximate surface area is 107 Å². The summed E-state index contributed by atoms with van der Waals surface area (Å²) in [5.74, 6) is 3.95. The number of hydrogen-bond donors (Lipinski definition) is 1. The van der Waals surface area contributed by atoms with Gasteiger partial charge >= 0.3 is 0 Å². The molecule has 5 atom stereocenters. The van der Waals surface area contributed by atoms with E-state index in [9.17, 15) is 5.11 Å². The number of nitrogens with zero attached hydrogens (tertiary/aromatic N) is 3. The van der Waals surface area contributed by atoms with E-state index in [0.29, 0.717) is 12.3 Å². The third-order valence-electron chi connectivity index (χ3n) is 5.88. The van der Waals surface area contributed by atoms with E-state index in [1.54, 1.807) is 11.0 Å². The Kier molecular flexibility index (Phi) is 2.17. The largest absolute Gasteiger partial charge is 0.389 e. The molecule has 0 aromatic carbocycles. The molecule has 0 aliphatic heterocycles. The van der Waals surface area contributed by atoms with Crippen LogP contribution in [0.4, 0.5) is 0 Å². The topological polar surface area (TPSA) is 50.9 Å². The molecular formula is C14H21N3O. The summed E-state index contributed by atoms with van der Waals surface area (Å²) in [7, 11) is 1.91. The van der Waals surface area contributed by atoms with Gasteiger partial charge in [0.05, 0.1) is 5.60 Å². The van der Waals surface area contributed by atoms with Crippen LogP contribution in [0.15, 0.2) is 6.33 Å². The molecule has 3 aliphatic rings. The highest BCUT2D eigenvalue weighted by Crippen LogP contribution is 2.62. The van der Waals surface area contributed by atoms with E-state index in [-0.39, 0.29) is 0 Å². The summed E-state index contributed by atoms with van der Waals surface area (Å²) in [6.07, 6.45) is 8.65. The lowest BCUT2D eigenvalue weighted by molar-refractivity contribution is -0.0469. The van der Waals surface area contributed by atoms with Gasteiger partial charge in [0.1, 0.15) is 12.2 Å². The predicted octanol–water partition coefficient (Wildman–Crippen LogP) is 1.54. The molecular weight excluding hydrogens is 226 g/mol. The maximum Gasteiger partial charge on any atom is 0.138 e. The second-order valence-electron chi connectivity index (χ2n) is 6.65. The first kappa shape index (κ1) is 11.0. The van der Waals surface area contributed by atoms with Gasteiger partial charge < -0.3 is 5.11 Å². The average molecular weight is 247 g/mol. The highest BCUT2D eigenvalue weighted by molar-refractivity contribution is 5.12. The normalized spacial score (nSPS) is 45.7. The zero-order valence-corrected chi connectivity index (χ0v) is 10.9. The summed E-state index contributed by atoms with van der Waals surface area (Å²) in [6.45, 7) is 0. The molecule has 4 rings (SSSR count). The van der Waals surface area contributed by atoms with Crippen LogP contribution in [0.25, 0.3) is 0 Å². The van der Waals surface area contributed by atoms with Crippen LogP contribution in [0, 0.1) is 23.7 Å². The lowest BCUT2D eigenvalue weighted by Crippen LogP contribution is -2.43. The smallest absolute Gasteiger partial charge is 0.138 e. The van der Waals surface area contributed by atoms with Crippen molar-refractivity contribution < 1.29 is 5.11 Å². The Morgan fingerprint density at radius 3 is 3.06 bits per heavy atom. The number of aliphatic hydroxyl groups is 1. The van der Waals surface area contributed by atoms with Gasteiger partial charge in [-0.05, 0) is 49.4 Å². The minimum absolute atomic E-state index is 0.503. The first-order valence-corrected chi connectivity index (χ1v) is 7.23. The van der Waals surface area contributed by atoms with Crippen molar-refractivity contribution in [3.63, 3.8) is 0 Å². The standard InChI is InChI=1S/C14H21N3O/c1-17-13(15-8-16-17)7-14(18)6-9-5-12(14)11-4-2-3-10(9)11/h8-12,18H,2-7H2,1H3. The molecule has 0 amide bonds. The summed E-state index contributed by atoms with van der Waals surface area (Å²) >= 11 is 0. The summed E-state index contributed by atoms with van der Waals surface area (Å²) < 4.78 is 1.80. The number of aryl methyl sites for hydroxylation is 1. The van der Waals surface area contributed by atoms with E-state index in [4.69, 9.17) is 0 Å². The fraction of sp³-hybridized carbons (Fsp3) is 0.857. The molecule has 1 heterocycles. The molecule has 18 heavy (non-hydrogen) atoms. The zero-order valence-electron chi connectivity index (χ0n) is 10.9. The summed E-state index contributed by atoms with van der Waals surface area (Å²) in [5.41, 5.74) is -0.503. The fourth-order valence-electron chi connectivity index (χ4n) is 5.19. The van der Waals surface area contributed by atoms with Crippen molar-refractivity contribution in [2.75, 3.05) is 0 Å². The highest BCUT2D eigenvalue weighted by Gasteiger charge is 2.60. The van der Waals surface area contributed by atoms with Crippen LogP contribution in [0.1, 0.15) is 37.9 Å². The van der Waals surface area contributed by atoms with Gasteiger partial charge in [0.15, 0.2) is 0 Å². The summed E-state index contributed by atoms with van der Waals surface area (Å²) in [6, 6.07) is 0. The Bertz CT molecular complexity index is 471. The van der Waals surface area contributed by atoms with Crippen molar-refractivity contribution in [3.8, 4) is 0 Å². The SMILES string of the molecule is Cn1ncnc1CC1(O)CC2CC1C1CCCC21. The van der Waals surface area contributed by atoms with Crippen LogP contribution in [0.3, 0.4) is 0 Å². The van der Waals surface area contributed by atoms with Gasteiger partial charge in [-0.15, -0.1) is 0 Å². The number of fused-ring (bicyclic) bond motifs is 5. The molecule has 5 unspecified atom stereocenters. The molecule has 98 valence electrons. The minimum atomic E-state index is -0.503. The highest BCUT2D eigenvalue weighted by atomic mass is 16.3. The molecule has 0 radical (unpaired) electrons. The molecule has 0 spiro atoms. The van der Waals surface area contributed by atoms with Crippen molar-refractivity contribution in [3.05, 3.63) is 12.2 Å². The minimum Gasteiger partial charge on any atom is -0.389 e. The monoisotopic (exact) mass is 247 g/mol. The lowest BCUT2D eigenvalue weighted by Gasteiger charge is -2.38. The van der Waals surface area contributed by atoms with Crippen LogP contribution >= 0.6 is 0 Å². The molecule has 1 aromatic heterocycles. The first-order valence-electron chi connectivity index (χ1n) is 7.23. The first-order chi connectivity index (χ1) is 8.67. The molecule has 2 bridgehead atoms. The number of aromatic nitrogens is 3. The van der Waals surface area contributed by atoms with Gasteiger partial charge in [-0.2, -0.15) is 5.10 Å². The van der Waals surface area contributed by atoms with Crippen molar-refractivity contribution in [2.45, 2.75) is 44.1 Å². The van der Waals surface area contributed by atoms with Crippen LogP contribution in [-0.4, -0.2) is 25.5 Å². The second-order valence-corrected chi connectivity index (χ2v) is 6.65. The number of hydrogen-bond acceptors (Lipinski definition) is 3. The van der Waals surface area contributed by atoms with E-state index in [2.05, 4.69) is 10.1 Å². The van der Waals surface area contributed by atoms with E-state index in [1.807, 2.05) is 7.05 Å². The van der Waals surface area contributed by atoms with E-state index >= 15 is 0 Å². The quantitative estimate of drug-likeness (QED) is 0.862. The molecule has 1 aromatic rings. The maximum atomic E-state index is 11.0. The van der Waals surface area contributed by atoms with Crippen molar-refractivity contribution >= 4 is 0 Å². The van der Waals surface area contributed by atoms with Crippen molar-refractivity contribution in [1.82, 2.24) is 14.8 Å². The summed E-state index contributed by atoms with van der Waals surface area (Å²) in [5, 5.41) is 15.2. The second kappa shape index (κ2) is 3.56. The van der Waals surface area contributed by atoms with Gasteiger partial charge in [-0.3, -0.25) is 4.68 Å². The molecule has 3 saturated carbocycles. The van der Waals surface area contributed by atoms with Gasteiger partial charge in [-0.25, -0.2) is 4.98 Å². The molecule has 3 fully saturated rings. The zero-order chi connectivity index (χ0) is 12.3. The van der Waals surface area contributed by atoms with Gasteiger partial charge in [0.25, 0.3) is 0 Å². The Morgan fingerprint density at radius 1 is 1.44 bits per heavy atom. The number of rotatable bonds is 2. The van der Waals surface area contributed by atoms with Gasteiger partial charge in [0.2, 0.25) is 0 Å². The molecule has 0 saturated heterocycles. The fourth-order valence-corrected chi connectivity index (χ4v) is 5.19. The van der Waals surface area contributed by atoms with Crippen LogP contribution in [-0.2, 0) is 13.5 Å². The van der Waals surface area contributed by atoms with Gasteiger partial charge in [-0.1, -0.05) is 6.42 Å². The van der Waals surface area contributed by atoms with E-state index < -0.39 is 5.60 Å². The maximum absolute atomic E-state index is 11.0. The molecule has 3 aliphatic carbocycles. The Morgan fingerprint density at radius 2 is 2.28 bits per heavy atom. The summed E-state index contributed by atoms with van der Waals surface area (Å²) in [4.78, 5) is 4.29. The van der Waals surface area contributed by atoms with E-state index in [0.717, 1.165) is 30.0 Å². The van der Waals surface area contributed by atoms with Gasteiger partial charge in [0, 0.05) is 13.5 Å². The van der Waals surface area contributed by atoms with E-state index in [1.165, 1.54) is 25.7 Å². The Balaban J connectivity index is 1.60.